The molecule has 2 heterocycles. The summed E-state index contributed by atoms with van der Waals surface area (Å²) in [5.74, 6) is -0.311. The van der Waals surface area contributed by atoms with Gasteiger partial charge >= 0.3 is 0 Å². The standard InChI is InChI=1S/C21H23N3O3S3/c1-14-6-5-8-17-19(14)22-21(29-17)23-20(25)15-10-12-24(13-11-15)30(26,27)18-9-4-3-7-16(18)28-2/h3-9,15H,10-13H2,1-2H3,(H,22,23,25). The number of sulfonamides is 1. The molecule has 2 aromatic carbocycles. The summed E-state index contributed by atoms with van der Waals surface area (Å²) in [6.45, 7) is 2.67. The Morgan fingerprint density at radius 1 is 1.17 bits per heavy atom. The van der Waals surface area contributed by atoms with E-state index in [2.05, 4.69) is 10.3 Å². The van der Waals surface area contributed by atoms with Crippen molar-refractivity contribution in [3.05, 3.63) is 48.0 Å². The fourth-order valence-electron chi connectivity index (χ4n) is 3.68. The molecule has 1 fully saturated rings. The highest BCUT2D eigenvalue weighted by Gasteiger charge is 2.33. The lowest BCUT2D eigenvalue weighted by Crippen LogP contribution is -2.41. The summed E-state index contributed by atoms with van der Waals surface area (Å²) >= 11 is 2.88. The predicted molar refractivity (Wildman–Crippen MR) is 123 cm³/mol. The van der Waals surface area contributed by atoms with E-state index in [1.165, 1.54) is 27.4 Å². The van der Waals surface area contributed by atoms with Crippen LogP contribution < -0.4 is 5.32 Å². The van der Waals surface area contributed by atoms with Crippen LogP contribution in [0.3, 0.4) is 0 Å². The number of hydrogen-bond donors (Lipinski definition) is 1. The van der Waals surface area contributed by atoms with Crippen LogP contribution in [0.15, 0.2) is 52.3 Å². The average Bonchev–Trinajstić information content (AvgIpc) is 3.17. The molecule has 1 amide bonds. The molecule has 0 saturated carbocycles. The van der Waals surface area contributed by atoms with Crippen molar-refractivity contribution >= 4 is 54.4 Å². The minimum Gasteiger partial charge on any atom is -0.302 e. The highest BCUT2D eigenvalue weighted by atomic mass is 32.2. The molecule has 0 spiro atoms. The van der Waals surface area contributed by atoms with Crippen LogP contribution in [0.5, 0.6) is 0 Å². The number of anilines is 1. The largest absolute Gasteiger partial charge is 0.302 e. The summed E-state index contributed by atoms with van der Waals surface area (Å²) in [7, 11) is -3.56. The second-order valence-electron chi connectivity index (χ2n) is 7.26. The van der Waals surface area contributed by atoms with Gasteiger partial charge in [-0.15, -0.1) is 11.8 Å². The molecule has 158 valence electrons. The number of aryl methyl sites for hydroxylation is 1. The maximum Gasteiger partial charge on any atom is 0.244 e. The van der Waals surface area contributed by atoms with E-state index in [0.29, 0.717) is 36.0 Å². The first-order chi connectivity index (χ1) is 14.4. The second kappa shape index (κ2) is 8.66. The number of rotatable bonds is 5. The van der Waals surface area contributed by atoms with Gasteiger partial charge in [0.25, 0.3) is 0 Å². The Morgan fingerprint density at radius 3 is 2.60 bits per heavy atom. The third-order valence-electron chi connectivity index (χ3n) is 5.36. The Kier molecular flexibility index (Phi) is 6.15. The van der Waals surface area contributed by atoms with E-state index in [1.54, 1.807) is 12.1 Å². The zero-order valence-corrected chi connectivity index (χ0v) is 19.2. The smallest absolute Gasteiger partial charge is 0.244 e. The van der Waals surface area contributed by atoms with Gasteiger partial charge in [-0.05, 0) is 49.8 Å². The zero-order chi connectivity index (χ0) is 21.3. The average molecular weight is 462 g/mol. The van der Waals surface area contributed by atoms with E-state index >= 15 is 0 Å². The van der Waals surface area contributed by atoms with Gasteiger partial charge in [0.2, 0.25) is 15.9 Å². The topological polar surface area (TPSA) is 79.4 Å². The van der Waals surface area contributed by atoms with Crippen LogP contribution in [0.1, 0.15) is 18.4 Å². The van der Waals surface area contributed by atoms with Gasteiger partial charge in [-0.1, -0.05) is 35.6 Å². The molecule has 4 rings (SSSR count). The van der Waals surface area contributed by atoms with Crippen LogP contribution >= 0.6 is 23.1 Å². The van der Waals surface area contributed by atoms with E-state index < -0.39 is 10.0 Å². The molecule has 0 bridgehead atoms. The van der Waals surface area contributed by atoms with Crippen LogP contribution in [0.25, 0.3) is 10.2 Å². The summed E-state index contributed by atoms with van der Waals surface area (Å²) in [5, 5.41) is 3.52. The van der Waals surface area contributed by atoms with Crippen molar-refractivity contribution in [3.8, 4) is 0 Å². The first-order valence-corrected chi connectivity index (χ1v) is 13.2. The second-order valence-corrected chi connectivity index (χ2v) is 11.0. The van der Waals surface area contributed by atoms with Crippen molar-refractivity contribution in [2.24, 2.45) is 5.92 Å². The monoisotopic (exact) mass is 461 g/mol. The minimum absolute atomic E-state index is 0.0896. The van der Waals surface area contributed by atoms with Crippen molar-refractivity contribution in [3.63, 3.8) is 0 Å². The van der Waals surface area contributed by atoms with E-state index in [-0.39, 0.29) is 11.8 Å². The number of piperidine rings is 1. The van der Waals surface area contributed by atoms with Crippen LogP contribution in [-0.4, -0.2) is 43.0 Å². The maximum atomic E-state index is 13.1. The maximum absolute atomic E-state index is 13.1. The normalized spacial score (nSPS) is 16.1. The molecule has 0 aliphatic carbocycles. The zero-order valence-electron chi connectivity index (χ0n) is 16.8. The SMILES string of the molecule is CSc1ccccc1S(=O)(=O)N1CCC(C(=O)Nc2nc3c(C)cccc3s2)CC1. The number of para-hydroxylation sites is 1. The molecule has 30 heavy (non-hydrogen) atoms. The highest BCUT2D eigenvalue weighted by molar-refractivity contribution is 7.99. The number of carbonyl (C=O) groups is 1. The lowest BCUT2D eigenvalue weighted by atomic mass is 9.97. The summed E-state index contributed by atoms with van der Waals surface area (Å²) in [6.07, 6.45) is 2.86. The number of fused-ring (bicyclic) bond motifs is 1. The predicted octanol–water partition coefficient (Wildman–Crippen LogP) is 4.37. The molecule has 9 heteroatoms. The van der Waals surface area contributed by atoms with Crippen molar-refractivity contribution in [1.29, 1.82) is 0 Å². The van der Waals surface area contributed by atoms with Crippen molar-refractivity contribution in [2.75, 3.05) is 24.7 Å². The molecule has 1 aromatic heterocycles. The Labute approximate surface area is 184 Å². The molecule has 1 N–H and O–H groups in total. The minimum atomic E-state index is -3.56. The molecule has 1 aliphatic rings. The van der Waals surface area contributed by atoms with Crippen molar-refractivity contribution in [2.45, 2.75) is 29.6 Å². The van der Waals surface area contributed by atoms with E-state index in [4.69, 9.17) is 0 Å². The van der Waals surface area contributed by atoms with Gasteiger partial charge in [0.15, 0.2) is 5.13 Å². The summed E-state index contributed by atoms with van der Waals surface area (Å²) in [4.78, 5) is 18.4. The molecule has 1 saturated heterocycles. The molecular weight excluding hydrogens is 438 g/mol. The third-order valence-corrected chi connectivity index (χ3v) is 9.18. The fraction of sp³-hybridized carbons (Fsp3) is 0.333. The van der Waals surface area contributed by atoms with Crippen LogP contribution in [0.2, 0.25) is 0 Å². The number of nitrogens with one attached hydrogen (secondary N) is 1. The molecule has 0 unspecified atom stereocenters. The Morgan fingerprint density at radius 2 is 1.90 bits per heavy atom. The van der Waals surface area contributed by atoms with Crippen LogP contribution in [0, 0.1) is 12.8 Å². The highest BCUT2D eigenvalue weighted by Crippen LogP contribution is 2.31. The van der Waals surface area contributed by atoms with Gasteiger partial charge in [0.05, 0.1) is 15.1 Å². The molecular formula is C21H23N3O3S3. The number of carbonyl (C=O) groups excluding carboxylic acids is 1. The third kappa shape index (κ3) is 4.12. The van der Waals surface area contributed by atoms with Crippen LogP contribution in [-0.2, 0) is 14.8 Å². The molecule has 0 radical (unpaired) electrons. The van der Waals surface area contributed by atoms with E-state index in [0.717, 1.165) is 20.7 Å². The summed E-state index contributed by atoms with van der Waals surface area (Å²) in [5.41, 5.74) is 1.99. The number of benzene rings is 2. The summed E-state index contributed by atoms with van der Waals surface area (Å²) in [6, 6.07) is 13.0. The van der Waals surface area contributed by atoms with Gasteiger partial charge in [-0.3, -0.25) is 4.79 Å². The van der Waals surface area contributed by atoms with E-state index in [9.17, 15) is 13.2 Å². The van der Waals surface area contributed by atoms with Gasteiger partial charge in [-0.25, -0.2) is 13.4 Å². The number of thiazole rings is 1. The van der Waals surface area contributed by atoms with Gasteiger partial charge < -0.3 is 5.32 Å². The van der Waals surface area contributed by atoms with Gasteiger partial charge in [-0.2, -0.15) is 4.31 Å². The number of amides is 1. The lowest BCUT2D eigenvalue weighted by molar-refractivity contribution is -0.120. The summed E-state index contributed by atoms with van der Waals surface area (Å²) < 4.78 is 28.7. The van der Waals surface area contributed by atoms with E-state index in [1.807, 2.05) is 43.5 Å². The Balaban J connectivity index is 1.42. The molecule has 6 nitrogen and oxygen atoms in total. The van der Waals surface area contributed by atoms with Crippen LogP contribution in [0.4, 0.5) is 5.13 Å². The Bertz CT molecular complexity index is 1180. The molecule has 1 aliphatic heterocycles. The Hall–Kier alpha value is -1.94. The fourth-order valence-corrected chi connectivity index (χ4v) is 7.22. The lowest BCUT2D eigenvalue weighted by Gasteiger charge is -2.30. The number of aromatic nitrogens is 1. The van der Waals surface area contributed by atoms with Crippen molar-refractivity contribution in [1.82, 2.24) is 9.29 Å². The molecule has 0 atom stereocenters. The number of hydrogen-bond acceptors (Lipinski definition) is 6. The number of nitrogens with zero attached hydrogens (tertiary/aromatic N) is 2. The van der Waals surface area contributed by atoms with Gasteiger partial charge in [0.1, 0.15) is 0 Å². The first-order valence-electron chi connectivity index (χ1n) is 9.70. The first kappa shape index (κ1) is 21.3. The van der Waals surface area contributed by atoms with Crippen molar-refractivity contribution < 1.29 is 13.2 Å². The molecule has 3 aromatic rings. The van der Waals surface area contributed by atoms with Gasteiger partial charge in [0, 0.05) is 23.9 Å². The quantitative estimate of drug-likeness (QED) is 0.571. The number of thioether (sulfide) groups is 1.